The van der Waals surface area contributed by atoms with Crippen LogP contribution in [0.1, 0.15) is 33.1 Å². The molecule has 0 spiro atoms. The highest BCUT2D eigenvalue weighted by atomic mass is 32.2. The van der Waals surface area contributed by atoms with E-state index in [4.69, 9.17) is 10.8 Å². The van der Waals surface area contributed by atoms with E-state index >= 15 is 0 Å². The second kappa shape index (κ2) is 6.32. The predicted octanol–water partition coefficient (Wildman–Crippen LogP) is -0.0147. The molecule has 5 nitrogen and oxygen atoms in total. The Morgan fingerprint density at radius 1 is 1.44 bits per heavy atom. The van der Waals surface area contributed by atoms with Gasteiger partial charge in [-0.05, 0) is 33.2 Å². The van der Waals surface area contributed by atoms with Gasteiger partial charge in [0, 0.05) is 18.1 Å². The van der Waals surface area contributed by atoms with Gasteiger partial charge in [-0.15, -0.1) is 0 Å². The molecule has 0 aromatic carbocycles. The van der Waals surface area contributed by atoms with Gasteiger partial charge in [0.05, 0.1) is 18.1 Å². The van der Waals surface area contributed by atoms with E-state index in [1.807, 2.05) is 13.8 Å². The van der Waals surface area contributed by atoms with Crippen LogP contribution in [0.5, 0.6) is 0 Å². The Bertz CT molecular complexity index is 354. The van der Waals surface area contributed by atoms with Crippen LogP contribution in [0.25, 0.3) is 0 Å². The van der Waals surface area contributed by atoms with Gasteiger partial charge < -0.3 is 10.8 Å². The molecule has 1 fully saturated rings. The highest BCUT2D eigenvalue weighted by Gasteiger charge is 2.27. The molecule has 108 valence electrons. The summed E-state index contributed by atoms with van der Waals surface area (Å²) in [6.45, 7) is 5.38. The predicted molar refractivity (Wildman–Crippen MR) is 73.2 cm³/mol. The quantitative estimate of drug-likeness (QED) is 0.667. The maximum Gasteiger partial charge on any atom is 0.153 e. The van der Waals surface area contributed by atoms with E-state index in [2.05, 4.69) is 4.90 Å². The Hall–Kier alpha value is -0.170. The van der Waals surface area contributed by atoms with Gasteiger partial charge in [0.25, 0.3) is 0 Å². The largest absolute Gasteiger partial charge is 0.394 e. The van der Waals surface area contributed by atoms with Crippen LogP contribution in [0.3, 0.4) is 0 Å². The van der Waals surface area contributed by atoms with Gasteiger partial charge in [-0.2, -0.15) is 0 Å². The van der Waals surface area contributed by atoms with Gasteiger partial charge in [-0.3, -0.25) is 4.90 Å². The normalized spacial score (nSPS) is 27.9. The Kier molecular flexibility index (Phi) is 5.58. The Balaban J connectivity index is 2.25. The standard InChI is InChI=1S/C12H26N2O3S/c1-11-9-18(16,17)8-7-14(11)6-4-3-5-12(2,13)10-15/h11,15H,3-10,13H2,1-2H3. The van der Waals surface area contributed by atoms with Gasteiger partial charge in [0.1, 0.15) is 0 Å². The molecular formula is C12H26N2O3S. The minimum atomic E-state index is -2.82. The van der Waals surface area contributed by atoms with Gasteiger partial charge in [-0.25, -0.2) is 8.42 Å². The van der Waals surface area contributed by atoms with Gasteiger partial charge >= 0.3 is 0 Å². The molecule has 6 heteroatoms. The fourth-order valence-electron chi connectivity index (χ4n) is 2.29. The third-order valence-corrected chi connectivity index (χ3v) is 5.41. The maximum atomic E-state index is 11.4. The van der Waals surface area contributed by atoms with E-state index in [9.17, 15) is 8.42 Å². The molecule has 0 bridgehead atoms. The molecule has 0 aromatic heterocycles. The maximum absolute atomic E-state index is 11.4. The Morgan fingerprint density at radius 2 is 2.11 bits per heavy atom. The lowest BCUT2D eigenvalue weighted by atomic mass is 9.97. The first-order chi connectivity index (χ1) is 8.26. The number of aliphatic hydroxyl groups is 1. The summed E-state index contributed by atoms with van der Waals surface area (Å²) in [7, 11) is -2.82. The molecule has 1 rings (SSSR count). The molecule has 2 unspecified atom stereocenters. The first-order valence-electron chi connectivity index (χ1n) is 6.60. The number of hydrogen-bond acceptors (Lipinski definition) is 5. The Morgan fingerprint density at radius 3 is 2.67 bits per heavy atom. The number of unbranched alkanes of at least 4 members (excludes halogenated alkanes) is 1. The third kappa shape index (κ3) is 5.22. The Labute approximate surface area is 110 Å². The van der Waals surface area contributed by atoms with Crippen molar-refractivity contribution in [1.82, 2.24) is 4.90 Å². The molecule has 1 saturated heterocycles. The van der Waals surface area contributed by atoms with Gasteiger partial charge in [-0.1, -0.05) is 6.42 Å². The third-order valence-electron chi connectivity index (χ3n) is 3.61. The fourth-order valence-corrected chi connectivity index (χ4v) is 3.91. The molecule has 1 aliphatic rings. The van der Waals surface area contributed by atoms with Crippen LogP contribution in [0.4, 0.5) is 0 Å². The minimum Gasteiger partial charge on any atom is -0.394 e. The number of aliphatic hydroxyl groups excluding tert-OH is 1. The van der Waals surface area contributed by atoms with Crippen molar-refractivity contribution >= 4 is 9.84 Å². The zero-order valence-corrected chi connectivity index (χ0v) is 12.2. The molecule has 0 saturated carbocycles. The van der Waals surface area contributed by atoms with Crippen LogP contribution in [-0.2, 0) is 9.84 Å². The molecular weight excluding hydrogens is 252 g/mol. The number of sulfone groups is 1. The van der Waals surface area contributed by atoms with Crippen molar-refractivity contribution in [3.05, 3.63) is 0 Å². The zero-order chi connectivity index (χ0) is 13.8. The average Bonchev–Trinajstić information content (AvgIpc) is 2.26. The molecule has 18 heavy (non-hydrogen) atoms. The van der Waals surface area contributed by atoms with Crippen molar-refractivity contribution in [3.8, 4) is 0 Å². The smallest absolute Gasteiger partial charge is 0.153 e. The molecule has 1 heterocycles. The average molecular weight is 278 g/mol. The highest BCUT2D eigenvalue weighted by molar-refractivity contribution is 7.91. The molecule has 0 radical (unpaired) electrons. The first-order valence-corrected chi connectivity index (χ1v) is 8.42. The van der Waals surface area contributed by atoms with Crippen LogP contribution in [0, 0.1) is 0 Å². The van der Waals surface area contributed by atoms with Crippen LogP contribution < -0.4 is 5.73 Å². The lowest BCUT2D eigenvalue weighted by Gasteiger charge is -2.33. The summed E-state index contributed by atoms with van der Waals surface area (Å²) < 4.78 is 22.9. The van der Waals surface area contributed by atoms with Crippen molar-refractivity contribution in [2.24, 2.45) is 5.73 Å². The highest BCUT2D eigenvalue weighted by Crippen LogP contribution is 2.14. The van der Waals surface area contributed by atoms with Crippen molar-refractivity contribution in [2.75, 3.05) is 31.2 Å². The van der Waals surface area contributed by atoms with Gasteiger partial charge in [0.15, 0.2) is 9.84 Å². The van der Waals surface area contributed by atoms with Gasteiger partial charge in [0.2, 0.25) is 0 Å². The summed E-state index contributed by atoms with van der Waals surface area (Å²) in [6.07, 6.45) is 2.75. The van der Waals surface area contributed by atoms with Crippen LogP contribution >= 0.6 is 0 Å². The topological polar surface area (TPSA) is 83.6 Å². The minimum absolute atomic E-state index is 0.00532. The number of rotatable bonds is 6. The van der Waals surface area contributed by atoms with E-state index in [-0.39, 0.29) is 24.2 Å². The van der Waals surface area contributed by atoms with Crippen molar-refractivity contribution in [1.29, 1.82) is 0 Å². The molecule has 0 aliphatic carbocycles. The summed E-state index contributed by atoms with van der Waals surface area (Å²) in [5.74, 6) is 0.556. The van der Waals surface area contributed by atoms with E-state index in [0.717, 1.165) is 25.8 Å². The lowest BCUT2D eigenvalue weighted by Crippen LogP contribution is -2.47. The van der Waals surface area contributed by atoms with Crippen LogP contribution in [0.2, 0.25) is 0 Å². The summed E-state index contributed by atoms with van der Waals surface area (Å²) in [4.78, 5) is 2.23. The molecule has 3 N–H and O–H groups in total. The number of hydrogen-bond donors (Lipinski definition) is 2. The van der Waals surface area contributed by atoms with E-state index in [0.29, 0.717) is 6.54 Å². The number of nitrogens with two attached hydrogens (primary N) is 1. The molecule has 1 aliphatic heterocycles. The molecule has 2 atom stereocenters. The molecule has 0 amide bonds. The van der Waals surface area contributed by atoms with Crippen LogP contribution in [-0.4, -0.2) is 61.2 Å². The fraction of sp³-hybridized carbons (Fsp3) is 1.00. The summed E-state index contributed by atoms with van der Waals surface area (Å²) >= 11 is 0. The van der Waals surface area contributed by atoms with Crippen molar-refractivity contribution < 1.29 is 13.5 Å². The lowest BCUT2D eigenvalue weighted by molar-refractivity contribution is 0.188. The SMILES string of the molecule is CC1CS(=O)(=O)CCN1CCCCC(C)(N)CO. The second-order valence-electron chi connectivity index (χ2n) is 5.77. The monoisotopic (exact) mass is 278 g/mol. The van der Waals surface area contributed by atoms with E-state index < -0.39 is 15.4 Å². The second-order valence-corrected chi connectivity index (χ2v) is 8.00. The van der Waals surface area contributed by atoms with E-state index in [1.165, 1.54) is 0 Å². The van der Waals surface area contributed by atoms with Crippen molar-refractivity contribution in [3.63, 3.8) is 0 Å². The summed E-state index contributed by atoms with van der Waals surface area (Å²) in [5, 5.41) is 9.04. The number of nitrogens with zero attached hydrogens (tertiary/aromatic N) is 1. The van der Waals surface area contributed by atoms with E-state index in [1.54, 1.807) is 0 Å². The molecule has 0 aromatic rings. The van der Waals surface area contributed by atoms with Crippen LogP contribution in [0.15, 0.2) is 0 Å². The first kappa shape index (κ1) is 15.9. The zero-order valence-electron chi connectivity index (χ0n) is 11.4. The summed E-state index contributed by atoms with van der Waals surface area (Å²) in [6, 6.07) is 0.117. The van der Waals surface area contributed by atoms with Crippen molar-refractivity contribution in [2.45, 2.75) is 44.7 Å². The summed E-state index contributed by atoms with van der Waals surface area (Å²) in [5.41, 5.74) is 5.37.